The molecule has 0 aliphatic carbocycles. The van der Waals surface area contributed by atoms with Crippen molar-refractivity contribution in [2.75, 3.05) is 6.54 Å². The molecule has 1 aromatic heterocycles. The Morgan fingerprint density at radius 3 is 2.81 bits per heavy atom. The lowest BCUT2D eigenvalue weighted by Gasteiger charge is -2.26. The highest BCUT2D eigenvalue weighted by atomic mass is 32.1. The van der Waals surface area contributed by atoms with Gasteiger partial charge in [-0.2, -0.15) is 0 Å². The maximum absolute atomic E-state index is 12.7. The fraction of sp³-hybridized carbons (Fsp3) is 0.368. The summed E-state index contributed by atoms with van der Waals surface area (Å²) in [6.45, 7) is 2.21. The average molecular weight is 387 g/mol. The van der Waals surface area contributed by atoms with Crippen molar-refractivity contribution in [3.8, 4) is 0 Å². The van der Waals surface area contributed by atoms with Crippen LogP contribution in [0.3, 0.4) is 0 Å². The van der Waals surface area contributed by atoms with Crippen LogP contribution in [0.4, 0.5) is 4.79 Å². The molecule has 27 heavy (non-hydrogen) atoms. The van der Waals surface area contributed by atoms with Gasteiger partial charge >= 0.3 is 6.09 Å². The van der Waals surface area contributed by atoms with Crippen LogP contribution in [-0.2, 0) is 16.1 Å². The molecule has 2 heterocycles. The van der Waals surface area contributed by atoms with Gasteiger partial charge in [0.2, 0.25) is 11.7 Å². The van der Waals surface area contributed by atoms with Crippen molar-refractivity contribution >= 4 is 29.1 Å². The van der Waals surface area contributed by atoms with Crippen LogP contribution in [0.15, 0.2) is 41.9 Å². The minimum absolute atomic E-state index is 0.127. The summed E-state index contributed by atoms with van der Waals surface area (Å²) in [5.41, 5.74) is 0.861. The van der Waals surface area contributed by atoms with E-state index >= 15 is 0 Å². The number of hydrogen-bond donors (Lipinski definition) is 1. The number of benzene rings is 1. The quantitative estimate of drug-likeness (QED) is 0.770. The van der Waals surface area contributed by atoms with Gasteiger partial charge in [-0.15, -0.1) is 11.3 Å². The zero-order chi connectivity index (χ0) is 19.2. The van der Waals surface area contributed by atoms with E-state index in [4.69, 9.17) is 4.74 Å². The lowest BCUT2D eigenvalue weighted by Crippen LogP contribution is -2.50. The molecule has 142 valence electrons. The number of ketones is 1. The Balaban J connectivity index is 1.54. The Labute approximate surface area is 161 Å². The number of likely N-dealkylation sites (tertiary alicyclic amines) is 1. The molecular formula is C19H21N3O4S. The lowest BCUT2D eigenvalue weighted by molar-refractivity contribution is -0.133. The molecule has 7 nitrogen and oxygen atoms in total. The SMILES string of the molecule is C[C@H](NC(=O)OCc1ccccc1)C(=O)N1CCC[C@H]1C(=O)c1nccs1. The Bertz CT molecular complexity index is 795. The van der Waals surface area contributed by atoms with Crippen LogP contribution in [0, 0.1) is 0 Å². The zero-order valence-corrected chi connectivity index (χ0v) is 15.8. The summed E-state index contributed by atoms with van der Waals surface area (Å²) in [7, 11) is 0. The summed E-state index contributed by atoms with van der Waals surface area (Å²) >= 11 is 1.27. The standard InChI is InChI=1S/C19H21N3O4S/c1-13(21-19(25)26-12-14-6-3-2-4-7-14)18(24)22-10-5-8-15(22)16(23)17-20-9-11-27-17/h2-4,6-7,9,11,13,15H,5,8,10,12H2,1H3,(H,21,25)/t13-,15-/m0/s1. The van der Waals surface area contributed by atoms with Crippen molar-refractivity contribution in [2.45, 2.75) is 38.5 Å². The van der Waals surface area contributed by atoms with E-state index in [9.17, 15) is 14.4 Å². The maximum atomic E-state index is 12.7. The van der Waals surface area contributed by atoms with Crippen molar-refractivity contribution < 1.29 is 19.1 Å². The van der Waals surface area contributed by atoms with Gasteiger partial charge in [-0.1, -0.05) is 30.3 Å². The van der Waals surface area contributed by atoms with Crippen molar-refractivity contribution in [3.63, 3.8) is 0 Å². The van der Waals surface area contributed by atoms with E-state index < -0.39 is 18.2 Å². The molecular weight excluding hydrogens is 366 g/mol. The van der Waals surface area contributed by atoms with E-state index in [0.29, 0.717) is 18.0 Å². The van der Waals surface area contributed by atoms with E-state index in [1.807, 2.05) is 30.3 Å². The molecule has 3 rings (SSSR count). The minimum Gasteiger partial charge on any atom is -0.445 e. The molecule has 0 spiro atoms. The Hall–Kier alpha value is -2.74. The van der Waals surface area contributed by atoms with Gasteiger partial charge in [-0.25, -0.2) is 9.78 Å². The monoisotopic (exact) mass is 387 g/mol. The average Bonchev–Trinajstić information content (AvgIpc) is 3.38. The number of carbonyl (C=O) groups is 3. The highest BCUT2D eigenvalue weighted by Gasteiger charge is 2.37. The molecule has 2 atom stereocenters. The van der Waals surface area contributed by atoms with Crippen molar-refractivity contribution in [1.29, 1.82) is 0 Å². The summed E-state index contributed by atoms with van der Waals surface area (Å²) < 4.78 is 5.15. The topological polar surface area (TPSA) is 88.6 Å². The Kier molecular flexibility index (Phi) is 6.18. The number of rotatable bonds is 6. The second kappa shape index (κ2) is 8.77. The number of aromatic nitrogens is 1. The number of amides is 2. The molecule has 0 saturated carbocycles. The highest BCUT2D eigenvalue weighted by Crippen LogP contribution is 2.23. The number of hydrogen-bond acceptors (Lipinski definition) is 6. The first kappa shape index (κ1) is 19.0. The van der Waals surface area contributed by atoms with Crippen LogP contribution in [-0.4, -0.2) is 46.3 Å². The van der Waals surface area contributed by atoms with Gasteiger partial charge in [0.25, 0.3) is 0 Å². The smallest absolute Gasteiger partial charge is 0.408 e. The number of alkyl carbamates (subject to hydrolysis) is 1. The highest BCUT2D eigenvalue weighted by molar-refractivity contribution is 7.11. The second-order valence-electron chi connectivity index (χ2n) is 6.32. The van der Waals surface area contributed by atoms with Crippen LogP contribution in [0.2, 0.25) is 0 Å². The Morgan fingerprint density at radius 1 is 1.33 bits per heavy atom. The molecule has 8 heteroatoms. The van der Waals surface area contributed by atoms with Crippen LogP contribution in [0.1, 0.15) is 35.1 Å². The first-order valence-electron chi connectivity index (χ1n) is 8.77. The first-order chi connectivity index (χ1) is 13.1. The summed E-state index contributed by atoms with van der Waals surface area (Å²) in [6.07, 6.45) is 2.27. The molecule has 0 radical (unpaired) electrons. The molecule has 1 aliphatic heterocycles. The predicted octanol–water partition coefficient (Wildman–Crippen LogP) is 2.63. The number of carbonyl (C=O) groups excluding carboxylic acids is 3. The van der Waals surface area contributed by atoms with E-state index in [0.717, 1.165) is 12.0 Å². The Morgan fingerprint density at radius 2 is 2.11 bits per heavy atom. The largest absolute Gasteiger partial charge is 0.445 e. The van der Waals surface area contributed by atoms with Crippen LogP contribution in [0.25, 0.3) is 0 Å². The number of Topliss-reactive ketones (excluding diaryl/α,β-unsaturated/α-hetero) is 1. The first-order valence-corrected chi connectivity index (χ1v) is 9.65. The van der Waals surface area contributed by atoms with Crippen LogP contribution >= 0.6 is 11.3 Å². The van der Waals surface area contributed by atoms with Crippen LogP contribution in [0.5, 0.6) is 0 Å². The van der Waals surface area contributed by atoms with Gasteiger partial charge < -0.3 is 15.0 Å². The van der Waals surface area contributed by atoms with E-state index in [1.54, 1.807) is 18.5 Å². The molecule has 1 aliphatic rings. The van der Waals surface area contributed by atoms with E-state index in [2.05, 4.69) is 10.3 Å². The molecule has 2 aromatic rings. The van der Waals surface area contributed by atoms with Crippen molar-refractivity contribution in [2.24, 2.45) is 0 Å². The zero-order valence-electron chi connectivity index (χ0n) is 15.0. The molecule has 0 unspecified atom stereocenters. The molecule has 2 amide bonds. The second-order valence-corrected chi connectivity index (χ2v) is 7.21. The molecule has 1 saturated heterocycles. The van der Waals surface area contributed by atoms with Crippen LogP contribution < -0.4 is 5.32 Å². The van der Waals surface area contributed by atoms with Gasteiger partial charge in [0.1, 0.15) is 12.6 Å². The van der Waals surface area contributed by atoms with E-state index in [-0.39, 0.29) is 18.3 Å². The fourth-order valence-electron chi connectivity index (χ4n) is 3.04. The maximum Gasteiger partial charge on any atom is 0.408 e. The summed E-state index contributed by atoms with van der Waals surface area (Å²) in [5, 5.41) is 4.69. The number of thiazole rings is 1. The number of ether oxygens (including phenoxy) is 1. The molecule has 1 aromatic carbocycles. The third-order valence-electron chi connectivity index (χ3n) is 4.40. The van der Waals surface area contributed by atoms with Crippen molar-refractivity contribution in [3.05, 3.63) is 52.5 Å². The van der Waals surface area contributed by atoms with Crippen molar-refractivity contribution in [1.82, 2.24) is 15.2 Å². The predicted molar refractivity (Wildman–Crippen MR) is 100 cm³/mol. The van der Waals surface area contributed by atoms with Gasteiger partial charge in [-0.3, -0.25) is 9.59 Å². The molecule has 1 N–H and O–H groups in total. The van der Waals surface area contributed by atoms with Gasteiger partial charge in [0, 0.05) is 18.1 Å². The number of nitrogens with one attached hydrogen (secondary N) is 1. The summed E-state index contributed by atoms with van der Waals surface area (Å²) in [6, 6.07) is 7.99. The third kappa shape index (κ3) is 4.71. The summed E-state index contributed by atoms with van der Waals surface area (Å²) in [5.74, 6) is -0.436. The van der Waals surface area contributed by atoms with Gasteiger partial charge in [0.15, 0.2) is 5.01 Å². The number of nitrogens with zero attached hydrogens (tertiary/aromatic N) is 2. The normalized spacial score (nSPS) is 17.4. The third-order valence-corrected chi connectivity index (χ3v) is 5.19. The fourth-order valence-corrected chi connectivity index (χ4v) is 3.67. The molecule has 1 fully saturated rings. The summed E-state index contributed by atoms with van der Waals surface area (Å²) in [4.78, 5) is 42.8. The van der Waals surface area contributed by atoms with Gasteiger partial charge in [0.05, 0.1) is 6.04 Å². The van der Waals surface area contributed by atoms with E-state index in [1.165, 1.54) is 16.2 Å². The lowest BCUT2D eigenvalue weighted by atomic mass is 10.1. The van der Waals surface area contributed by atoms with Gasteiger partial charge in [-0.05, 0) is 25.3 Å². The molecule has 0 bridgehead atoms. The minimum atomic E-state index is -0.780.